The third-order valence-electron chi connectivity index (χ3n) is 10.1. The van der Waals surface area contributed by atoms with Crippen LogP contribution in [0.2, 0.25) is 0 Å². The maximum Gasteiger partial charge on any atom is 0.472 e. The molecule has 0 fully saturated rings. The first-order valence-corrected chi connectivity index (χ1v) is 24.9. The summed E-state index contributed by atoms with van der Waals surface area (Å²) in [6.45, 7) is 3.25. The molecule has 0 aliphatic heterocycles. The summed E-state index contributed by atoms with van der Waals surface area (Å²) in [4.78, 5) is 35.0. The van der Waals surface area contributed by atoms with Crippen molar-refractivity contribution in [3.05, 3.63) is 48.6 Å². The van der Waals surface area contributed by atoms with Gasteiger partial charge in [0.15, 0.2) is 6.10 Å². The molecule has 0 aromatic heterocycles. The molecule has 0 radical (unpaired) electrons. The molecule has 60 heavy (non-hydrogen) atoms. The Balaban J connectivity index is 4.39. The average Bonchev–Trinajstić information content (AvgIpc) is 3.22. The molecule has 0 bridgehead atoms. The SMILES string of the molecule is CCCCCCCCCCCCCCCCCCCCCC(=O)O[C@H](COC(=O)CCC[C@@H](O)[C@H](O)/C=C/C=C/C=C\C=C\[C@H](O)CCCCC)COP(=O)(O)OCCN. The minimum Gasteiger partial charge on any atom is -0.462 e. The van der Waals surface area contributed by atoms with Gasteiger partial charge >= 0.3 is 19.8 Å². The number of rotatable bonds is 43. The molecule has 0 amide bonds. The van der Waals surface area contributed by atoms with Crippen molar-refractivity contribution in [2.45, 2.75) is 212 Å². The Labute approximate surface area is 364 Å². The second kappa shape index (κ2) is 42.2. The Kier molecular flexibility index (Phi) is 40.7. The van der Waals surface area contributed by atoms with Gasteiger partial charge in [0.05, 0.1) is 31.5 Å². The first-order valence-electron chi connectivity index (χ1n) is 23.4. The van der Waals surface area contributed by atoms with Crippen LogP contribution in [0.3, 0.4) is 0 Å². The van der Waals surface area contributed by atoms with Gasteiger partial charge < -0.3 is 35.4 Å². The number of esters is 2. The van der Waals surface area contributed by atoms with E-state index in [2.05, 4.69) is 13.8 Å². The van der Waals surface area contributed by atoms with Crippen molar-refractivity contribution in [2.24, 2.45) is 5.73 Å². The topological polar surface area (TPSA) is 195 Å². The molecule has 0 heterocycles. The summed E-state index contributed by atoms with van der Waals surface area (Å²) >= 11 is 0. The summed E-state index contributed by atoms with van der Waals surface area (Å²) in [7, 11) is -4.46. The summed E-state index contributed by atoms with van der Waals surface area (Å²) in [6, 6.07) is 0. The number of phosphoric acid groups is 1. The zero-order chi connectivity index (χ0) is 44.4. The Hall–Kier alpha value is -2.15. The van der Waals surface area contributed by atoms with Gasteiger partial charge in [-0.15, -0.1) is 0 Å². The molecule has 350 valence electrons. The molecular formula is C47H86NO11P. The molecule has 0 saturated carbocycles. The van der Waals surface area contributed by atoms with E-state index in [4.69, 9.17) is 24.3 Å². The highest BCUT2D eigenvalue weighted by Gasteiger charge is 2.26. The number of ether oxygens (including phenoxy) is 2. The lowest BCUT2D eigenvalue weighted by atomic mass is 10.0. The second-order valence-corrected chi connectivity index (χ2v) is 17.3. The number of allylic oxidation sites excluding steroid dienone is 6. The van der Waals surface area contributed by atoms with Crippen molar-refractivity contribution >= 4 is 19.8 Å². The molecule has 0 rings (SSSR count). The van der Waals surface area contributed by atoms with E-state index in [9.17, 15) is 34.4 Å². The monoisotopic (exact) mass is 872 g/mol. The van der Waals surface area contributed by atoms with Crippen molar-refractivity contribution in [1.29, 1.82) is 0 Å². The average molecular weight is 872 g/mol. The summed E-state index contributed by atoms with van der Waals surface area (Å²) in [5.74, 6) is -1.15. The van der Waals surface area contributed by atoms with Gasteiger partial charge in [-0.2, -0.15) is 0 Å². The van der Waals surface area contributed by atoms with E-state index in [-0.39, 0.29) is 38.8 Å². The Morgan fingerprint density at radius 1 is 0.567 bits per heavy atom. The number of carbonyl (C=O) groups excluding carboxylic acids is 2. The van der Waals surface area contributed by atoms with Crippen LogP contribution in [-0.2, 0) is 32.7 Å². The first kappa shape index (κ1) is 57.9. The molecule has 6 N–H and O–H groups in total. The fourth-order valence-electron chi connectivity index (χ4n) is 6.43. The second-order valence-electron chi connectivity index (χ2n) is 15.8. The molecule has 0 aliphatic rings. The fraction of sp³-hybridized carbons (Fsp3) is 0.787. The van der Waals surface area contributed by atoms with Crippen molar-refractivity contribution in [2.75, 3.05) is 26.4 Å². The van der Waals surface area contributed by atoms with Crippen LogP contribution in [0, 0.1) is 0 Å². The zero-order valence-electron chi connectivity index (χ0n) is 37.5. The highest BCUT2D eigenvalue weighted by Crippen LogP contribution is 2.43. The van der Waals surface area contributed by atoms with Crippen molar-refractivity contribution in [3.63, 3.8) is 0 Å². The van der Waals surface area contributed by atoms with Crippen LogP contribution in [0.15, 0.2) is 48.6 Å². The third-order valence-corrected chi connectivity index (χ3v) is 11.1. The van der Waals surface area contributed by atoms with E-state index in [0.717, 1.165) is 44.9 Å². The molecule has 13 heteroatoms. The van der Waals surface area contributed by atoms with Crippen molar-refractivity contribution < 1.29 is 52.9 Å². The number of aliphatic hydroxyl groups excluding tert-OH is 3. The summed E-state index contributed by atoms with van der Waals surface area (Å²) in [5, 5.41) is 30.4. The van der Waals surface area contributed by atoms with Gasteiger partial charge in [0, 0.05) is 19.4 Å². The zero-order valence-corrected chi connectivity index (χ0v) is 38.4. The summed E-state index contributed by atoms with van der Waals surface area (Å²) in [5.41, 5.74) is 5.34. The molecular weight excluding hydrogens is 785 g/mol. The van der Waals surface area contributed by atoms with Crippen LogP contribution in [0.5, 0.6) is 0 Å². The fourth-order valence-corrected chi connectivity index (χ4v) is 7.20. The Morgan fingerprint density at radius 3 is 1.57 bits per heavy atom. The molecule has 0 spiro atoms. The molecule has 0 aliphatic carbocycles. The van der Waals surface area contributed by atoms with Crippen LogP contribution >= 0.6 is 7.82 Å². The molecule has 0 aromatic carbocycles. The number of hydrogen-bond acceptors (Lipinski definition) is 11. The van der Waals surface area contributed by atoms with E-state index < -0.39 is 57.4 Å². The number of nitrogens with two attached hydrogens (primary N) is 1. The number of carbonyl (C=O) groups is 2. The largest absolute Gasteiger partial charge is 0.472 e. The van der Waals surface area contributed by atoms with Gasteiger partial charge in [0.1, 0.15) is 6.61 Å². The minimum absolute atomic E-state index is 0.00444. The van der Waals surface area contributed by atoms with E-state index >= 15 is 0 Å². The Bertz CT molecular complexity index is 1180. The van der Waals surface area contributed by atoms with Crippen LogP contribution in [0.25, 0.3) is 0 Å². The number of hydrogen-bond donors (Lipinski definition) is 5. The minimum atomic E-state index is -4.46. The van der Waals surface area contributed by atoms with Gasteiger partial charge in [-0.05, 0) is 25.7 Å². The third kappa shape index (κ3) is 40.0. The van der Waals surface area contributed by atoms with Gasteiger partial charge in [-0.25, -0.2) is 4.57 Å². The lowest BCUT2D eigenvalue weighted by Gasteiger charge is -2.20. The summed E-state index contributed by atoms with van der Waals surface area (Å²) in [6.07, 6.45) is 38.0. The van der Waals surface area contributed by atoms with Gasteiger partial charge in [0.25, 0.3) is 0 Å². The van der Waals surface area contributed by atoms with Gasteiger partial charge in [-0.3, -0.25) is 18.6 Å². The van der Waals surface area contributed by atoms with Gasteiger partial charge in [-0.1, -0.05) is 197 Å². The highest BCUT2D eigenvalue weighted by atomic mass is 31.2. The number of unbranched alkanes of at least 4 members (excludes halogenated alkanes) is 20. The molecule has 0 aromatic rings. The van der Waals surface area contributed by atoms with E-state index in [1.807, 2.05) is 0 Å². The maximum absolute atomic E-state index is 12.6. The quantitative estimate of drug-likeness (QED) is 0.0169. The number of phosphoric ester groups is 1. The summed E-state index contributed by atoms with van der Waals surface area (Å²) < 4.78 is 32.6. The lowest BCUT2D eigenvalue weighted by Crippen LogP contribution is -2.30. The van der Waals surface area contributed by atoms with E-state index in [1.165, 1.54) is 102 Å². The van der Waals surface area contributed by atoms with Crippen LogP contribution < -0.4 is 5.73 Å². The Morgan fingerprint density at radius 2 is 1.03 bits per heavy atom. The molecule has 0 saturated heterocycles. The molecule has 1 unspecified atom stereocenters. The van der Waals surface area contributed by atoms with Crippen molar-refractivity contribution in [3.8, 4) is 0 Å². The molecule has 12 nitrogen and oxygen atoms in total. The lowest BCUT2D eigenvalue weighted by molar-refractivity contribution is -0.161. The number of aliphatic hydroxyl groups is 3. The standard InChI is InChI=1S/C47H86NO11P/c1-3-5-7-8-9-10-11-12-13-14-15-16-17-18-19-20-21-26-30-36-47(53)59-43(41-58-60(54,55)57-39-38-48)40-56-46(52)37-31-35-45(51)44(50)34-29-25-23-22-24-28-33-42(49)32-27-6-4-2/h22-25,28-29,33-34,42-45,49-51H,3-21,26-27,30-32,35-41,48H2,1-2H3,(H,54,55)/b24-22-,25-23+,33-28+,34-29+/t42-,43-,44-,45-/m1/s1. The van der Waals surface area contributed by atoms with E-state index in [0.29, 0.717) is 6.42 Å². The van der Waals surface area contributed by atoms with Gasteiger partial charge in [0.2, 0.25) is 0 Å². The maximum atomic E-state index is 12.6. The van der Waals surface area contributed by atoms with Crippen LogP contribution in [0.4, 0.5) is 0 Å². The predicted octanol–water partition coefficient (Wildman–Crippen LogP) is 10.4. The van der Waals surface area contributed by atoms with E-state index in [1.54, 1.807) is 42.5 Å². The molecule has 5 atom stereocenters. The smallest absolute Gasteiger partial charge is 0.462 e. The normalized spacial score (nSPS) is 15.2. The predicted molar refractivity (Wildman–Crippen MR) is 242 cm³/mol. The van der Waals surface area contributed by atoms with Crippen LogP contribution in [-0.4, -0.2) is 82.9 Å². The first-order chi connectivity index (χ1) is 29.0. The van der Waals surface area contributed by atoms with Crippen LogP contribution in [0.1, 0.15) is 187 Å². The van der Waals surface area contributed by atoms with Crippen molar-refractivity contribution in [1.82, 2.24) is 0 Å². The highest BCUT2D eigenvalue weighted by molar-refractivity contribution is 7.47.